The van der Waals surface area contributed by atoms with Gasteiger partial charge in [-0.25, -0.2) is 19.8 Å². The van der Waals surface area contributed by atoms with Crippen LogP contribution in [0.4, 0.5) is 11.5 Å². The largest absolute Gasteiger partial charge is 0.486 e. The minimum Gasteiger partial charge on any atom is -0.486 e. The number of rotatable bonds is 6. The van der Waals surface area contributed by atoms with Crippen LogP contribution in [0.25, 0.3) is 21.8 Å². The Bertz CT molecular complexity index is 1450. The van der Waals surface area contributed by atoms with Crippen LogP contribution in [0, 0.1) is 0 Å². The van der Waals surface area contributed by atoms with Gasteiger partial charge in [-0.3, -0.25) is 4.37 Å². The van der Waals surface area contributed by atoms with Crippen LogP contribution in [0.1, 0.15) is 6.92 Å². The van der Waals surface area contributed by atoms with Gasteiger partial charge in [0.2, 0.25) is 0 Å². The fourth-order valence-corrected chi connectivity index (χ4v) is 4.51. The third kappa shape index (κ3) is 4.41. The number of hydrogen-bond donors (Lipinski definition) is 4. The van der Waals surface area contributed by atoms with Gasteiger partial charge in [-0.1, -0.05) is 29.8 Å². The lowest BCUT2D eigenvalue weighted by atomic mass is 10.0. The molecule has 0 fully saturated rings. The Kier molecular flexibility index (Phi) is 6.05. The molecule has 10 nitrogen and oxygen atoms in total. The van der Waals surface area contributed by atoms with Crippen LogP contribution in [-0.4, -0.2) is 55.9 Å². The van der Waals surface area contributed by atoms with E-state index in [9.17, 15) is 15.0 Å². The van der Waals surface area contributed by atoms with Crippen molar-refractivity contribution in [1.29, 1.82) is 0 Å². The monoisotopic (exact) mass is 513 g/mol. The molecule has 0 bridgehead atoms. The van der Waals surface area contributed by atoms with Crippen LogP contribution >= 0.6 is 23.1 Å². The minimum atomic E-state index is -1.70. The van der Waals surface area contributed by atoms with E-state index in [1.54, 1.807) is 0 Å². The van der Waals surface area contributed by atoms with Crippen molar-refractivity contribution in [2.24, 2.45) is 4.99 Å². The number of aromatic amines is 1. The number of ether oxygens (including phenoxy) is 2. The Labute approximate surface area is 208 Å². The number of aliphatic hydroxyl groups excluding tert-OH is 1. The van der Waals surface area contributed by atoms with Crippen molar-refractivity contribution in [3.8, 4) is 33.3 Å². The van der Waals surface area contributed by atoms with Crippen LogP contribution in [-0.2, 0) is 4.79 Å². The molecule has 3 heterocycles. The molecule has 0 saturated carbocycles. The predicted octanol–water partition coefficient (Wildman–Crippen LogP) is 3.54. The number of aliphatic hydroxyl groups is 1. The summed E-state index contributed by atoms with van der Waals surface area (Å²) >= 11 is 7.97. The molecule has 1 atom stereocenters. The first-order chi connectivity index (χ1) is 16.9. The number of nitrogens with zero attached hydrogens (tertiary/aromatic N) is 3. The number of anilines is 2. The van der Waals surface area contributed by atoms with Gasteiger partial charge < -0.3 is 25.0 Å². The molecule has 3 aliphatic heterocycles. The molecular formula is C23H20ClN5O5S. The first kappa shape index (κ1) is 23.1. The second-order valence-corrected chi connectivity index (χ2v) is 9.13. The van der Waals surface area contributed by atoms with Crippen molar-refractivity contribution in [3.05, 3.63) is 53.1 Å². The topological polar surface area (TPSA) is 142 Å². The van der Waals surface area contributed by atoms with E-state index in [0.29, 0.717) is 51.9 Å². The number of carboxylic acid groups (broad SMARTS) is 1. The second-order valence-electron chi connectivity index (χ2n) is 7.96. The summed E-state index contributed by atoms with van der Waals surface area (Å²) in [4.78, 5) is 24.2. The fourth-order valence-electron chi connectivity index (χ4n) is 3.49. The molecule has 0 radical (unpaired) electrons. The van der Waals surface area contributed by atoms with Crippen LogP contribution in [0.15, 0.2) is 47.6 Å². The first-order valence-corrected chi connectivity index (χ1v) is 11.8. The summed E-state index contributed by atoms with van der Waals surface area (Å²) in [6.07, 6.45) is 1.36. The second kappa shape index (κ2) is 9.17. The lowest BCUT2D eigenvalue weighted by Crippen LogP contribution is -2.39. The quantitative estimate of drug-likeness (QED) is 0.306. The summed E-state index contributed by atoms with van der Waals surface area (Å²) < 4.78 is 14.4. The van der Waals surface area contributed by atoms with Crippen LogP contribution < -0.4 is 20.3 Å². The molecular weight excluding hydrogens is 494 g/mol. The lowest BCUT2D eigenvalue weighted by Gasteiger charge is -2.19. The van der Waals surface area contributed by atoms with E-state index in [4.69, 9.17) is 21.1 Å². The fraction of sp³-hybridized carbons (Fsp3) is 0.217. The Morgan fingerprint density at radius 2 is 2.09 bits per heavy atom. The predicted molar refractivity (Wildman–Crippen MR) is 131 cm³/mol. The van der Waals surface area contributed by atoms with Gasteiger partial charge in [0.15, 0.2) is 27.5 Å². The van der Waals surface area contributed by atoms with Gasteiger partial charge in [0, 0.05) is 5.56 Å². The van der Waals surface area contributed by atoms with E-state index >= 15 is 0 Å². The molecule has 2 aromatic carbocycles. The molecule has 35 heavy (non-hydrogen) atoms. The molecule has 2 aromatic rings. The van der Waals surface area contributed by atoms with Crippen LogP contribution in [0.5, 0.6) is 11.5 Å². The average molecular weight is 514 g/mol. The molecule has 0 amide bonds. The maximum atomic E-state index is 11.4. The minimum absolute atomic E-state index is 0.108. The standard InChI is InChI=1S/C23H20ClN5O5S/c1-23(11-30,22(31)32)28-17-10-25-19-20(29-35-21(19)27-17)26-14-4-2-3-13(18(14)24)12-5-6-15-16(9-12)34-8-7-33-15/h2-6,9-10,26,29-30H,7-8,11H2,1H3,(H,31,32). The molecule has 180 valence electrons. The van der Waals surface area contributed by atoms with Gasteiger partial charge in [0.1, 0.15) is 24.7 Å². The third-order valence-electron chi connectivity index (χ3n) is 5.46. The van der Waals surface area contributed by atoms with E-state index in [2.05, 4.69) is 24.7 Å². The van der Waals surface area contributed by atoms with Gasteiger partial charge in [0.25, 0.3) is 0 Å². The van der Waals surface area contributed by atoms with Crippen molar-refractivity contribution >= 4 is 40.6 Å². The van der Waals surface area contributed by atoms with Gasteiger partial charge in [-0.2, -0.15) is 0 Å². The van der Waals surface area contributed by atoms with Crippen molar-refractivity contribution in [2.75, 3.05) is 25.1 Å². The number of halogens is 1. The SMILES string of the molecule is CC(CO)(N=c1cnc2c(Nc3cccc(-c4ccc5c(c4)OCCO5)c3Cl)[nH]sc-2n1)C(=O)O. The molecule has 0 spiro atoms. The highest BCUT2D eigenvalue weighted by Gasteiger charge is 2.32. The van der Waals surface area contributed by atoms with Gasteiger partial charge in [0.05, 0.1) is 23.5 Å². The summed E-state index contributed by atoms with van der Waals surface area (Å²) in [5, 5.41) is 23.0. The number of hydrogen-bond acceptors (Lipinski definition) is 9. The zero-order valence-electron chi connectivity index (χ0n) is 18.4. The Hall–Kier alpha value is -3.67. The maximum Gasteiger partial charge on any atom is 0.333 e. The summed E-state index contributed by atoms with van der Waals surface area (Å²) in [6, 6.07) is 11.3. The number of carbonyl (C=O) groups is 1. The van der Waals surface area contributed by atoms with Gasteiger partial charge >= 0.3 is 5.97 Å². The van der Waals surface area contributed by atoms with Crippen LogP contribution in [0.3, 0.4) is 0 Å². The van der Waals surface area contributed by atoms with Crippen molar-refractivity contribution in [3.63, 3.8) is 0 Å². The average Bonchev–Trinajstić information content (AvgIpc) is 3.26. The van der Waals surface area contributed by atoms with E-state index in [1.165, 1.54) is 24.7 Å². The third-order valence-corrected chi connectivity index (χ3v) is 6.65. The van der Waals surface area contributed by atoms with Gasteiger partial charge in [-0.15, -0.1) is 0 Å². The highest BCUT2D eigenvalue weighted by atomic mass is 35.5. The molecule has 0 aliphatic carbocycles. The molecule has 1 unspecified atom stereocenters. The van der Waals surface area contributed by atoms with E-state index in [-0.39, 0.29) is 5.49 Å². The summed E-state index contributed by atoms with van der Waals surface area (Å²) in [5.74, 6) is 0.706. The first-order valence-electron chi connectivity index (χ1n) is 10.6. The number of nitrogens with one attached hydrogen (secondary N) is 2. The normalized spacial score (nSPS) is 15.1. The van der Waals surface area contributed by atoms with Gasteiger partial charge in [-0.05, 0) is 42.2 Å². The highest BCUT2D eigenvalue weighted by Crippen LogP contribution is 2.40. The lowest BCUT2D eigenvalue weighted by molar-refractivity contribution is -0.144. The molecule has 4 N–H and O–H groups in total. The molecule has 0 saturated heterocycles. The Balaban J connectivity index is 1.46. The maximum absolute atomic E-state index is 11.4. The summed E-state index contributed by atoms with van der Waals surface area (Å²) in [6.45, 7) is 1.67. The zero-order chi connectivity index (χ0) is 24.6. The summed E-state index contributed by atoms with van der Waals surface area (Å²) in [7, 11) is 0. The number of fused-ring (bicyclic) bond motifs is 2. The van der Waals surface area contributed by atoms with Crippen molar-refractivity contribution < 1.29 is 24.5 Å². The molecule has 0 aromatic heterocycles. The molecule has 12 heteroatoms. The zero-order valence-corrected chi connectivity index (χ0v) is 20.0. The number of H-pyrrole nitrogens is 1. The smallest absolute Gasteiger partial charge is 0.333 e. The summed E-state index contributed by atoms with van der Waals surface area (Å²) in [5.41, 5.74) is 1.31. The highest BCUT2D eigenvalue weighted by molar-refractivity contribution is 7.09. The van der Waals surface area contributed by atoms with E-state index in [1.807, 2.05) is 36.4 Å². The Morgan fingerprint density at radius 3 is 2.86 bits per heavy atom. The van der Waals surface area contributed by atoms with Crippen molar-refractivity contribution in [1.82, 2.24) is 14.3 Å². The number of aromatic nitrogens is 3. The van der Waals surface area contributed by atoms with Crippen molar-refractivity contribution in [2.45, 2.75) is 12.5 Å². The Morgan fingerprint density at radius 1 is 1.29 bits per heavy atom. The number of benzene rings is 2. The van der Waals surface area contributed by atoms with E-state index < -0.39 is 18.1 Å². The number of aliphatic carboxylic acids is 1. The number of carboxylic acids is 1. The molecule has 3 aliphatic rings. The van der Waals surface area contributed by atoms with Crippen LogP contribution in [0.2, 0.25) is 5.02 Å². The van der Waals surface area contributed by atoms with E-state index in [0.717, 1.165) is 11.1 Å². The molecule has 5 rings (SSSR count).